The lowest BCUT2D eigenvalue weighted by Crippen LogP contribution is -2.06. The predicted molar refractivity (Wildman–Crippen MR) is 61.0 cm³/mol. The molecule has 1 aromatic heterocycles. The Hall–Kier alpha value is -1.81. The average Bonchev–Trinajstić information content (AvgIpc) is 2.58. The maximum Gasteiger partial charge on any atom is 0.323 e. The highest BCUT2D eigenvalue weighted by Crippen LogP contribution is 2.13. The summed E-state index contributed by atoms with van der Waals surface area (Å²) in [5.41, 5.74) is 0.926. The van der Waals surface area contributed by atoms with Gasteiger partial charge in [0.05, 0.1) is 0 Å². The lowest BCUT2D eigenvalue weighted by atomic mass is 10.1. The monoisotopic (exact) mass is 236 g/mol. The van der Waals surface area contributed by atoms with Gasteiger partial charge in [0.2, 0.25) is 5.78 Å². The molecule has 0 fully saturated rings. The smallest absolute Gasteiger partial charge is 0.310 e. The van der Waals surface area contributed by atoms with E-state index >= 15 is 0 Å². The number of carbonyl (C=O) groups is 1. The molecule has 16 heavy (non-hydrogen) atoms. The second-order valence-electron chi connectivity index (χ2n) is 3.42. The topological polar surface area (TPSA) is 65.7 Å². The standard InChI is InChI=1S/C11H9ClN2O2/c1-6-9(14-11(16)13-6)10(15)7-2-4-8(12)5-3-7/h2-5H,1H3,(H2,13,14,16). The number of H-pyrrole nitrogens is 2. The number of carbonyl (C=O) groups excluding carboxylic acids is 1. The van der Waals surface area contributed by atoms with E-state index in [4.69, 9.17) is 11.6 Å². The lowest BCUT2D eigenvalue weighted by molar-refractivity contribution is 0.103. The fourth-order valence-corrected chi connectivity index (χ4v) is 1.57. The molecule has 0 atom stereocenters. The van der Waals surface area contributed by atoms with Crippen LogP contribution in [0.25, 0.3) is 0 Å². The highest BCUT2D eigenvalue weighted by molar-refractivity contribution is 6.30. The van der Waals surface area contributed by atoms with Gasteiger partial charge in [-0.05, 0) is 31.2 Å². The summed E-state index contributed by atoms with van der Waals surface area (Å²) in [7, 11) is 0. The van der Waals surface area contributed by atoms with E-state index in [1.807, 2.05) is 0 Å². The van der Waals surface area contributed by atoms with E-state index in [-0.39, 0.29) is 17.2 Å². The van der Waals surface area contributed by atoms with Crippen molar-refractivity contribution in [3.05, 3.63) is 56.7 Å². The zero-order valence-electron chi connectivity index (χ0n) is 8.50. The van der Waals surface area contributed by atoms with Crippen LogP contribution >= 0.6 is 11.6 Å². The Morgan fingerprint density at radius 3 is 2.31 bits per heavy atom. The minimum Gasteiger partial charge on any atom is -0.310 e. The van der Waals surface area contributed by atoms with Crippen LogP contribution < -0.4 is 5.69 Å². The second kappa shape index (κ2) is 3.98. The molecule has 0 aliphatic rings. The van der Waals surface area contributed by atoms with Gasteiger partial charge < -0.3 is 9.97 Å². The number of hydrogen-bond acceptors (Lipinski definition) is 2. The van der Waals surface area contributed by atoms with E-state index in [1.165, 1.54) is 0 Å². The number of rotatable bonds is 2. The van der Waals surface area contributed by atoms with E-state index in [2.05, 4.69) is 9.97 Å². The maximum absolute atomic E-state index is 12.0. The highest BCUT2D eigenvalue weighted by Gasteiger charge is 2.14. The first-order valence-electron chi connectivity index (χ1n) is 4.67. The summed E-state index contributed by atoms with van der Waals surface area (Å²) >= 11 is 5.72. The van der Waals surface area contributed by atoms with Gasteiger partial charge >= 0.3 is 5.69 Å². The minimum atomic E-state index is -0.380. The van der Waals surface area contributed by atoms with E-state index in [1.54, 1.807) is 31.2 Å². The number of imidazole rings is 1. The molecule has 2 N–H and O–H groups in total. The molecule has 0 bridgehead atoms. The third kappa shape index (κ3) is 1.92. The van der Waals surface area contributed by atoms with E-state index in [9.17, 15) is 9.59 Å². The molecule has 0 radical (unpaired) electrons. The summed E-state index contributed by atoms with van der Waals surface area (Å²) in [5.74, 6) is -0.229. The number of benzene rings is 1. The van der Waals surface area contributed by atoms with Gasteiger partial charge in [0.1, 0.15) is 5.69 Å². The summed E-state index contributed by atoms with van der Waals surface area (Å²) < 4.78 is 0. The van der Waals surface area contributed by atoms with Crippen molar-refractivity contribution in [2.45, 2.75) is 6.92 Å². The lowest BCUT2D eigenvalue weighted by Gasteiger charge is -1.99. The van der Waals surface area contributed by atoms with Crippen LogP contribution in [-0.4, -0.2) is 15.8 Å². The summed E-state index contributed by atoms with van der Waals surface area (Å²) in [6, 6.07) is 6.51. The molecule has 1 heterocycles. The van der Waals surface area contributed by atoms with E-state index in [0.29, 0.717) is 16.3 Å². The molecule has 0 aliphatic carbocycles. The molecule has 0 spiro atoms. The third-order valence-electron chi connectivity index (χ3n) is 2.25. The van der Waals surface area contributed by atoms with Crippen LogP contribution in [0.15, 0.2) is 29.1 Å². The van der Waals surface area contributed by atoms with Crippen LogP contribution in [0.2, 0.25) is 5.02 Å². The van der Waals surface area contributed by atoms with Gasteiger partial charge in [0.25, 0.3) is 0 Å². The average molecular weight is 237 g/mol. The largest absolute Gasteiger partial charge is 0.323 e. The van der Waals surface area contributed by atoms with Gasteiger partial charge in [-0.1, -0.05) is 11.6 Å². The number of aryl methyl sites for hydroxylation is 1. The Labute approximate surface area is 96.3 Å². The normalized spacial score (nSPS) is 10.4. The summed E-state index contributed by atoms with van der Waals surface area (Å²) in [6.45, 7) is 1.67. The number of halogens is 1. The van der Waals surface area contributed by atoms with Crippen LogP contribution in [0.5, 0.6) is 0 Å². The Kier molecular flexibility index (Phi) is 2.66. The van der Waals surface area contributed by atoms with Crippen LogP contribution in [0.4, 0.5) is 0 Å². The Morgan fingerprint density at radius 2 is 1.81 bits per heavy atom. The van der Waals surface area contributed by atoms with Gasteiger partial charge in [0.15, 0.2) is 0 Å². The molecule has 82 valence electrons. The van der Waals surface area contributed by atoms with Crippen molar-refractivity contribution in [1.82, 2.24) is 9.97 Å². The minimum absolute atomic E-state index is 0.229. The van der Waals surface area contributed by atoms with Crippen molar-refractivity contribution >= 4 is 17.4 Å². The Morgan fingerprint density at radius 1 is 1.19 bits per heavy atom. The molecule has 5 heteroatoms. The number of nitrogens with one attached hydrogen (secondary N) is 2. The van der Waals surface area contributed by atoms with Crippen molar-refractivity contribution in [2.75, 3.05) is 0 Å². The number of aromatic nitrogens is 2. The molecule has 0 saturated carbocycles. The van der Waals surface area contributed by atoms with Crippen molar-refractivity contribution in [1.29, 1.82) is 0 Å². The summed E-state index contributed by atoms with van der Waals surface area (Å²) in [4.78, 5) is 28.0. The fourth-order valence-electron chi connectivity index (χ4n) is 1.44. The Bertz CT molecular complexity index is 581. The third-order valence-corrected chi connectivity index (χ3v) is 2.50. The van der Waals surface area contributed by atoms with Crippen LogP contribution in [0.3, 0.4) is 0 Å². The summed E-state index contributed by atoms with van der Waals surface area (Å²) in [5, 5.41) is 0.566. The molecule has 4 nitrogen and oxygen atoms in total. The van der Waals surface area contributed by atoms with Crippen molar-refractivity contribution in [3.8, 4) is 0 Å². The van der Waals surface area contributed by atoms with Crippen molar-refractivity contribution in [3.63, 3.8) is 0 Å². The molecule has 0 unspecified atom stereocenters. The summed E-state index contributed by atoms with van der Waals surface area (Å²) in [6.07, 6.45) is 0. The van der Waals surface area contributed by atoms with Crippen LogP contribution in [0.1, 0.15) is 21.7 Å². The molecular weight excluding hydrogens is 228 g/mol. The first-order valence-corrected chi connectivity index (χ1v) is 5.05. The fraction of sp³-hybridized carbons (Fsp3) is 0.0909. The van der Waals surface area contributed by atoms with Crippen molar-refractivity contribution < 1.29 is 4.79 Å². The second-order valence-corrected chi connectivity index (χ2v) is 3.85. The highest BCUT2D eigenvalue weighted by atomic mass is 35.5. The van der Waals surface area contributed by atoms with Gasteiger partial charge in [-0.25, -0.2) is 4.79 Å². The van der Waals surface area contributed by atoms with E-state index < -0.39 is 0 Å². The SMILES string of the molecule is Cc1[nH]c(=O)[nH]c1C(=O)c1ccc(Cl)cc1. The van der Waals surface area contributed by atoms with Gasteiger partial charge in [0, 0.05) is 16.3 Å². The Balaban J connectivity index is 2.43. The zero-order chi connectivity index (χ0) is 11.7. The van der Waals surface area contributed by atoms with Gasteiger partial charge in [-0.2, -0.15) is 0 Å². The van der Waals surface area contributed by atoms with Crippen molar-refractivity contribution in [2.24, 2.45) is 0 Å². The number of hydrogen-bond donors (Lipinski definition) is 2. The molecule has 1 aromatic carbocycles. The van der Waals surface area contributed by atoms with Gasteiger partial charge in [-0.15, -0.1) is 0 Å². The molecule has 0 saturated heterocycles. The maximum atomic E-state index is 12.0. The molecule has 2 rings (SSSR count). The first-order chi connectivity index (χ1) is 7.58. The van der Waals surface area contributed by atoms with Crippen LogP contribution in [-0.2, 0) is 0 Å². The number of aromatic amines is 2. The first kappa shape index (κ1) is 10.7. The molecule has 2 aromatic rings. The molecular formula is C11H9ClN2O2. The quantitative estimate of drug-likeness (QED) is 0.782. The molecule has 0 amide bonds. The van der Waals surface area contributed by atoms with Gasteiger partial charge in [-0.3, -0.25) is 4.79 Å². The number of ketones is 1. The predicted octanol–water partition coefficient (Wildman–Crippen LogP) is 1.90. The van der Waals surface area contributed by atoms with E-state index in [0.717, 1.165) is 0 Å². The molecule has 0 aliphatic heterocycles. The van der Waals surface area contributed by atoms with Crippen LogP contribution in [0, 0.1) is 6.92 Å². The zero-order valence-corrected chi connectivity index (χ0v) is 9.26.